The van der Waals surface area contributed by atoms with Gasteiger partial charge in [-0.25, -0.2) is 4.98 Å². The molecule has 0 saturated heterocycles. The molecule has 0 aliphatic carbocycles. The molecule has 5 nitrogen and oxygen atoms in total. The quantitative estimate of drug-likeness (QED) is 0.824. The number of thiazole rings is 1. The van der Waals surface area contributed by atoms with E-state index in [-0.39, 0.29) is 25.7 Å². The molecule has 1 amide bonds. The molecule has 0 atom stereocenters. The first-order valence-corrected chi connectivity index (χ1v) is 6.43. The summed E-state index contributed by atoms with van der Waals surface area (Å²) in [7, 11) is 0. The van der Waals surface area contributed by atoms with Crippen molar-refractivity contribution in [2.45, 2.75) is 0 Å². The summed E-state index contributed by atoms with van der Waals surface area (Å²) in [6.07, 6.45) is 0. The van der Waals surface area contributed by atoms with Gasteiger partial charge in [-0.2, -0.15) is 0 Å². The Bertz CT molecular complexity index is 558. The number of aliphatic hydroxyl groups is 1. The van der Waals surface area contributed by atoms with E-state index in [1.807, 2.05) is 0 Å². The molecule has 2 rings (SSSR count). The van der Waals surface area contributed by atoms with Crippen LogP contribution in [0.3, 0.4) is 0 Å². The van der Waals surface area contributed by atoms with E-state index < -0.39 is 0 Å². The molecule has 0 aliphatic rings. The van der Waals surface area contributed by atoms with Crippen LogP contribution in [-0.4, -0.2) is 35.8 Å². The van der Waals surface area contributed by atoms with E-state index in [1.165, 1.54) is 11.3 Å². The van der Waals surface area contributed by atoms with E-state index in [0.29, 0.717) is 10.2 Å². The number of aliphatic hydroxyl groups excluding tert-OH is 1. The average Bonchev–Trinajstić information content (AvgIpc) is 2.70. The number of nitrogens with one attached hydrogen (secondary N) is 1. The Morgan fingerprint density at radius 2 is 2.39 bits per heavy atom. The molecular weight excluding hydrogens is 276 g/mol. The monoisotopic (exact) mass is 286 g/mol. The van der Waals surface area contributed by atoms with Gasteiger partial charge in [0.15, 0.2) is 5.13 Å². The van der Waals surface area contributed by atoms with E-state index in [4.69, 9.17) is 21.4 Å². The first kappa shape index (κ1) is 13.2. The number of amides is 1. The molecule has 0 unspecified atom stereocenters. The van der Waals surface area contributed by atoms with Crippen molar-refractivity contribution in [2.75, 3.05) is 25.1 Å². The number of anilines is 1. The van der Waals surface area contributed by atoms with Crippen LogP contribution in [0.1, 0.15) is 0 Å². The number of ether oxygens (including phenoxy) is 1. The van der Waals surface area contributed by atoms with Crippen LogP contribution in [0.15, 0.2) is 18.2 Å². The number of halogens is 1. The Morgan fingerprint density at radius 3 is 3.17 bits per heavy atom. The van der Waals surface area contributed by atoms with Crippen molar-refractivity contribution in [1.29, 1.82) is 0 Å². The molecule has 0 spiro atoms. The molecule has 7 heteroatoms. The molecule has 1 aromatic heterocycles. The van der Waals surface area contributed by atoms with Gasteiger partial charge < -0.3 is 9.84 Å². The standard InChI is InChI=1S/C11H11ClN2O3S/c12-7-1-2-8-9(5-7)18-11(13-8)14-10(16)6-17-4-3-15/h1-2,5,15H,3-4,6H2,(H,13,14,16). The van der Waals surface area contributed by atoms with Gasteiger partial charge in [-0.15, -0.1) is 0 Å². The SMILES string of the molecule is O=C(COCCO)Nc1nc2ccc(Cl)cc2s1. The van der Waals surface area contributed by atoms with Crippen molar-refractivity contribution in [1.82, 2.24) is 4.98 Å². The highest BCUT2D eigenvalue weighted by Gasteiger charge is 2.08. The number of hydrogen-bond donors (Lipinski definition) is 2. The van der Waals surface area contributed by atoms with E-state index in [1.54, 1.807) is 18.2 Å². The van der Waals surface area contributed by atoms with Gasteiger partial charge in [0.05, 0.1) is 23.4 Å². The van der Waals surface area contributed by atoms with Crippen LogP contribution in [0.4, 0.5) is 5.13 Å². The second-order valence-corrected chi connectivity index (χ2v) is 4.92. The highest BCUT2D eigenvalue weighted by Crippen LogP contribution is 2.28. The number of hydrogen-bond acceptors (Lipinski definition) is 5. The number of fused-ring (bicyclic) bond motifs is 1. The fraction of sp³-hybridized carbons (Fsp3) is 0.273. The lowest BCUT2D eigenvalue weighted by Crippen LogP contribution is -2.19. The van der Waals surface area contributed by atoms with Crippen LogP contribution in [-0.2, 0) is 9.53 Å². The lowest BCUT2D eigenvalue weighted by Gasteiger charge is -2.01. The molecule has 2 aromatic rings. The van der Waals surface area contributed by atoms with Crippen molar-refractivity contribution in [3.63, 3.8) is 0 Å². The Hall–Kier alpha value is -1.21. The van der Waals surface area contributed by atoms with Crippen LogP contribution < -0.4 is 5.32 Å². The van der Waals surface area contributed by atoms with E-state index >= 15 is 0 Å². The van der Waals surface area contributed by atoms with Crippen LogP contribution >= 0.6 is 22.9 Å². The highest BCUT2D eigenvalue weighted by molar-refractivity contribution is 7.22. The first-order chi connectivity index (χ1) is 8.69. The summed E-state index contributed by atoms with van der Waals surface area (Å²) in [4.78, 5) is 15.7. The minimum absolute atomic E-state index is 0.1000. The third kappa shape index (κ3) is 3.39. The van der Waals surface area contributed by atoms with Crippen LogP contribution in [0, 0.1) is 0 Å². The Kier molecular flexibility index (Phi) is 4.48. The third-order valence-corrected chi connectivity index (χ3v) is 3.23. The molecule has 18 heavy (non-hydrogen) atoms. The fourth-order valence-electron chi connectivity index (χ4n) is 1.34. The summed E-state index contributed by atoms with van der Waals surface area (Å²) in [6, 6.07) is 5.35. The summed E-state index contributed by atoms with van der Waals surface area (Å²) < 4.78 is 5.81. The molecule has 0 aliphatic heterocycles. The smallest absolute Gasteiger partial charge is 0.252 e. The average molecular weight is 287 g/mol. The van der Waals surface area contributed by atoms with Gasteiger partial charge in [0.25, 0.3) is 5.91 Å². The number of aromatic nitrogens is 1. The molecule has 96 valence electrons. The number of nitrogens with zero attached hydrogens (tertiary/aromatic N) is 1. The zero-order chi connectivity index (χ0) is 13.0. The van der Waals surface area contributed by atoms with Crippen molar-refractivity contribution < 1.29 is 14.6 Å². The summed E-state index contributed by atoms with van der Waals surface area (Å²) in [5.74, 6) is -0.298. The van der Waals surface area contributed by atoms with Gasteiger partial charge in [0, 0.05) is 5.02 Å². The topological polar surface area (TPSA) is 71.5 Å². The maximum Gasteiger partial charge on any atom is 0.252 e. The summed E-state index contributed by atoms with van der Waals surface area (Å²) >= 11 is 7.21. The molecule has 1 aromatic carbocycles. The number of rotatable bonds is 5. The fourth-order valence-corrected chi connectivity index (χ4v) is 2.49. The third-order valence-electron chi connectivity index (χ3n) is 2.07. The van der Waals surface area contributed by atoms with Gasteiger partial charge in [0.2, 0.25) is 0 Å². The highest BCUT2D eigenvalue weighted by atomic mass is 35.5. The zero-order valence-corrected chi connectivity index (χ0v) is 10.9. The normalized spacial score (nSPS) is 10.8. The van der Waals surface area contributed by atoms with Gasteiger partial charge in [0.1, 0.15) is 6.61 Å². The van der Waals surface area contributed by atoms with E-state index in [0.717, 1.165) is 10.2 Å². The van der Waals surface area contributed by atoms with Gasteiger partial charge in [-0.1, -0.05) is 22.9 Å². The molecule has 2 N–H and O–H groups in total. The number of carbonyl (C=O) groups excluding carboxylic acids is 1. The lowest BCUT2D eigenvalue weighted by atomic mass is 10.3. The van der Waals surface area contributed by atoms with E-state index in [2.05, 4.69) is 10.3 Å². The Morgan fingerprint density at radius 1 is 1.56 bits per heavy atom. The van der Waals surface area contributed by atoms with Gasteiger partial charge >= 0.3 is 0 Å². The molecular formula is C11H11ClN2O3S. The van der Waals surface area contributed by atoms with E-state index in [9.17, 15) is 4.79 Å². The molecule has 0 saturated carbocycles. The van der Waals surface area contributed by atoms with Crippen molar-refractivity contribution in [3.05, 3.63) is 23.2 Å². The van der Waals surface area contributed by atoms with Crippen molar-refractivity contribution >= 4 is 44.2 Å². The maximum absolute atomic E-state index is 11.5. The minimum atomic E-state index is -0.298. The second-order valence-electron chi connectivity index (χ2n) is 3.46. The molecule has 1 heterocycles. The Labute approximate surface area is 112 Å². The zero-order valence-electron chi connectivity index (χ0n) is 9.35. The van der Waals surface area contributed by atoms with Gasteiger partial charge in [-0.05, 0) is 18.2 Å². The maximum atomic E-state index is 11.5. The molecule has 0 radical (unpaired) electrons. The molecule has 0 fully saturated rings. The number of benzene rings is 1. The molecule has 0 bridgehead atoms. The van der Waals surface area contributed by atoms with Crippen LogP contribution in [0.25, 0.3) is 10.2 Å². The lowest BCUT2D eigenvalue weighted by molar-refractivity contribution is -0.120. The summed E-state index contributed by atoms with van der Waals surface area (Å²) in [5, 5.41) is 12.3. The van der Waals surface area contributed by atoms with Crippen LogP contribution in [0.2, 0.25) is 5.02 Å². The second kappa shape index (κ2) is 6.10. The summed E-state index contributed by atoms with van der Waals surface area (Å²) in [5.41, 5.74) is 0.788. The predicted molar refractivity (Wildman–Crippen MR) is 71.2 cm³/mol. The first-order valence-electron chi connectivity index (χ1n) is 5.23. The van der Waals surface area contributed by atoms with Crippen LogP contribution in [0.5, 0.6) is 0 Å². The van der Waals surface area contributed by atoms with Crippen molar-refractivity contribution in [2.24, 2.45) is 0 Å². The minimum Gasteiger partial charge on any atom is -0.394 e. The van der Waals surface area contributed by atoms with Gasteiger partial charge in [-0.3, -0.25) is 10.1 Å². The largest absolute Gasteiger partial charge is 0.394 e. The summed E-state index contributed by atoms with van der Waals surface area (Å²) in [6.45, 7) is -0.0625. The predicted octanol–water partition coefficient (Wildman–Crippen LogP) is 1.90. The number of carbonyl (C=O) groups is 1. The van der Waals surface area contributed by atoms with Crippen molar-refractivity contribution in [3.8, 4) is 0 Å². The Balaban J connectivity index is 2.01.